The van der Waals surface area contributed by atoms with E-state index in [-0.39, 0.29) is 11.7 Å². The van der Waals surface area contributed by atoms with Gasteiger partial charge in [0, 0.05) is 12.3 Å². The minimum absolute atomic E-state index is 0.0176. The lowest BCUT2D eigenvalue weighted by atomic mass is 10.2. The summed E-state index contributed by atoms with van der Waals surface area (Å²) in [5, 5.41) is 11.4. The fourth-order valence-electron chi connectivity index (χ4n) is 2.16. The Hall–Kier alpha value is -2.67. The second-order valence-corrected chi connectivity index (χ2v) is 6.29. The molecule has 0 saturated carbocycles. The van der Waals surface area contributed by atoms with Crippen molar-refractivity contribution in [2.45, 2.75) is 6.92 Å². The largest absolute Gasteiger partial charge is 0.490 e. The SMILES string of the molecule is CCOc1ccccc1Oc1ccccc1C(=O)NCCSCC(=O)O. The average Bonchev–Trinajstić information content (AvgIpc) is 2.63. The molecule has 0 radical (unpaired) electrons. The number of aliphatic carboxylic acids is 1. The zero-order chi connectivity index (χ0) is 18.8. The third kappa shape index (κ3) is 6.00. The van der Waals surface area contributed by atoms with Gasteiger partial charge in [0.2, 0.25) is 0 Å². The highest BCUT2D eigenvalue weighted by Gasteiger charge is 2.14. The van der Waals surface area contributed by atoms with Crippen molar-refractivity contribution in [2.75, 3.05) is 24.7 Å². The van der Waals surface area contributed by atoms with Crippen LogP contribution in [-0.4, -0.2) is 41.6 Å². The van der Waals surface area contributed by atoms with Gasteiger partial charge in [-0.1, -0.05) is 24.3 Å². The predicted octanol–water partition coefficient (Wildman–Crippen LogP) is 3.43. The van der Waals surface area contributed by atoms with Crippen molar-refractivity contribution in [3.05, 3.63) is 54.1 Å². The summed E-state index contributed by atoms with van der Waals surface area (Å²) in [6, 6.07) is 14.2. The van der Waals surface area contributed by atoms with Crippen LogP contribution in [-0.2, 0) is 4.79 Å². The molecule has 2 N–H and O–H groups in total. The maximum absolute atomic E-state index is 12.4. The van der Waals surface area contributed by atoms with Crippen molar-refractivity contribution in [3.63, 3.8) is 0 Å². The topological polar surface area (TPSA) is 84.9 Å². The Morgan fingerprint density at radius 3 is 2.38 bits per heavy atom. The number of amides is 1. The number of thioether (sulfide) groups is 1. The van der Waals surface area contributed by atoms with Crippen LogP contribution in [0.4, 0.5) is 0 Å². The number of carboxylic acids is 1. The first-order chi connectivity index (χ1) is 12.6. The molecule has 1 amide bonds. The van der Waals surface area contributed by atoms with Crippen molar-refractivity contribution < 1.29 is 24.2 Å². The lowest BCUT2D eigenvalue weighted by Crippen LogP contribution is -2.26. The Kier molecular flexibility index (Phi) is 7.82. The van der Waals surface area contributed by atoms with E-state index in [0.717, 1.165) is 0 Å². The van der Waals surface area contributed by atoms with Crippen LogP contribution in [0, 0.1) is 0 Å². The first-order valence-corrected chi connectivity index (χ1v) is 9.33. The summed E-state index contributed by atoms with van der Waals surface area (Å²) < 4.78 is 11.4. The summed E-state index contributed by atoms with van der Waals surface area (Å²) in [6.45, 7) is 2.78. The van der Waals surface area contributed by atoms with E-state index in [4.69, 9.17) is 14.6 Å². The summed E-state index contributed by atoms with van der Waals surface area (Å²) in [5.41, 5.74) is 0.405. The maximum atomic E-state index is 12.4. The molecule has 0 aliphatic carbocycles. The van der Waals surface area contributed by atoms with Crippen molar-refractivity contribution in [3.8, 4) is 17.2 Å². The summed E-state index contributed by atoms with van der Waals surface area (Å²) in [5.74, 6) is 0.966. The second-order valence-electron chi connectivity index (χ2n) is 5.18. The molecule has 0 aliphatic heterocycles. The van der Waals surface area contributed by atoms with Gasteiger partial charge in [0.1, 0.15) is 5.75 Å². The molecule has 0 fully saturated rings. The van der Waals surface area contributed by atoms with Crippen molar-refractivity contribution >= 4 is 23.6 Å². The number of ether oxygens (including phenoxy) is 2. The molecule has 0 unspecified atom stereocenters. The monoisotopic (exact) mass is 375 g/mol. The first-order valence-electron chi connectivity index (χ1n) is 8.18. The molecule has 0 spiro atoms. The van der Waals surface area contributed by atoms with Gasteiger partial charge in [0.25, 0.3) is 5.91 Å². The van der Waals surface area contributed by atoms with E-state index in [0.29, 0.717) is 41.7 Å². The van der Waals surface area contributed by atoms with Gasteiger partial charge >= 0.3 is 5.97 Å². The summed E-state index contributed by atoms with van der Waals surface area (Å²) in [4.78, 5) is 22.9. The van der Waals surface area contributed by atoms with Gasteiger partial charge in [-0.2, -0.15) is 0 Å². The molecular formula is C19H21NO5S. The van der Waals surface area contributed by atoms with E-state index in [1.165, 1.54) is 11.8 Å². The number of benzene rings is 2. The molecule has 0 bridgehead atoms. The van der Waals surface area contributed by atoms with E-state index < -0.39 is 5.97 Å². The molecular weight excluding hydrogens is 354 g/mol. The average molecular weight is 375 g/mol. The molecule has 2 aromatic rings. The van der Waals surface area contributed by atoms with Gasteiger partial charge in [-0.3, -0.25) is 9.59 Å². The van der Waals surface area contributed by atoms with E-state index in [1.807, 2.05) is 19.1 Å². The molecule has 2 aromatic carbocycles. The first kappa shape index (κ1) is 19.7. The quantitative estimate of drug-likeness (QED) is 0.619. The normalized spacial score (nSPS) is 10.2. The van der Waals surface area contributed by atoms with Gasteiger partial charge in [-0.15, -0.1) is 11.8 Å². The number of carbonyl (C=O) groups is 2. The minimum atomic E-state index is -0.868. The molecule has 2 rings (SSSR count). The third-order valence-electron chi connectivity index (χ3n) is 3.26. The lowest BCUT2D eigenvalue weighted by molar-refractivity contribution is -0.133. The fourth-order valence-corrected chi connectivity index (χ4v) is 2.73. The van der Waals surface area contributed by atoms with Crippen LogP contribution < -0.4 is 14.8 Å². The summed E-state index contributed by atoms with van der Waals surface area (Å²) >= 11 is 1.25. The Morgan fingerprint density at radius 1 is 1.04 bits per heavy atom. The Morgan fingerprint density at radius 2 is 1.69 bits per heavy atom. The fraction of sp³-hybridized carbons (Fsp3) is 0.263. The van der Waals surface area contributed by atoms with E-state index in [1.54, 1.807) is 36.4 Å². The van der Waals surface area contributed by atoms with Crippen LogP contribution in [0.1, 0.15) is 17.3 Å². The Balaban J connectivity index is 2.03. The molecule has 0 aromatic heterocycles. The number of hydrogen-bond donors (Lipinski definition) is 2. The Labute approximate surface area is 156 Å². The van der Waals surface area contributed by atoms with Gasteiger partial charge in [-0.25, -0.2) is 0 Å². The van der Waals surface area contributed by atoms with Gasteiger partial charge < -0.3 is 19.9 Å². The van der Waals surface area contributed by atoms with Crippen molar-refractivity contribution in [2.24, 2.45) is 0 Å². The zero-order valence-corrected chi connectivity index (χ0v) is 15.3. The van der Waals surface area contributed by atoms with E-state index >= 15 is 0 Å². The predicted molar refractivity (Wildman–Crippen MR) is 101 cm³/mol. The number of carbonyl (C=O) groups excluding carboxylic acids is 1. The summed E-state index contributed by atoms with van der Waals surface area (Å²) in [7, 11) is 0. The Bertz CT molecular complexity index is 750. The van der Waals surface area contributed by atoms with Crippen LogP contribution in [0.15, 0.2) is 48.5 Å². The molecule has 0 saturated heterocycles. The highest BCUT2D eigenvalue weighted by molar-refractivity contribution is 7.99. The van der Waals surface area contributed by atoms with Gasteiger partial charge in [0.05, 0.1) is 17.9 Å². The molecule has 0 heterocycles. The van der Waals surface area contributed by atoms with Crippen molar-refractivity contribution in [1.29, 1.82) is 0 Å². The summed E-state index contributed by atoms with van der Waals surface area (Å²) in [6.07, 6.45) is 0. The number of carboxylic acid groups (broad SMARTS) is 1. The van der Waals surface area contributed by atoms with Crippen molar-refractivity contribution in [1.82, 2.24) is 5.32 Å². The smallest absolute Gasteiger partial charge is 0.313 e. The molecule has 0 aliphatic rings. The number of rotatable bonds is 10. The van der Waals surface area contributed by atoms with Crippen LogP contribution in [0.5, 0.6) is 17.2 Å². The number of nitrogens with one attached hydrogen (secondary N) is 1. The third-order valence-corrected chi connectivity index (χ3v) is 4.20. The van der Waals surface area contributed by atoms with E-state index in [9.17, 15) is 9.59 Å². The van der Waals surface area contributed by atoms with E-state index in [2.05, 4.69) is 5.32 Å². The standard InChI is InChI=1S/C19H21NO5S/c1-2-24-16-9-5-6-10-17(16)25-15-8-4-3-7-14(15)19(23)20-11-12-26-13-18(21)22/h3-10H,2,11-13H2,1H3,(H,20,23)(H,21,22). The number of para-hydroxylation sites is 3. The second kappa shape index (κ2) is 10.4. The number of hydrogen-bond acceptors (Lipinski definition) is 5. The molecule has 7 heteroatoms. The zero-order valence-electron chi connectivity index (χ0n) is 14.4. The lowest BCUT2D eigenvalue weighted by Gasteiger charge is -2.14. The highest BCUT2D eigenvalue weighted by Crippen LogP contribution is 2.32. The van der Waals surface area contributed by atoms with Crippen LogP contribution in [0.25, 0.3) is 0 Å². The maximum Gasteiger partial charge on any atom is 0.313 e. The van der Waals surface area contributed by atoms with Crippen LogP contribution in [0.3, 0.4) is 0 Å². The van der Waals surface area contributed by atoms with Gasteiger partial charge in [-0.05, 0) is 31.2 Å². The molecule has 138 valence electrons. The highest BCUT2D eigenvalue weighted by atomic mass is 32.2. The molecule has 26 heavy (non-hydrogen) atoms. The van der Waals surface area contributed by atoms with Crippen LogP contribution in [0.2, 0.25) is 0 Å². The molecule has 6 nitrogen and oxygen atoms in total. The van der Waals surface area contributed by atoms with Gasteiger partial charge in [0.15, 0.2) is 11.5 Å². The minimum Gasteiger partial charge on any atom is -0.490 e. The van der Waals surface area contributed by atoms with Crippen LogP contribution >= 0.6 is 11.8 Å². The molecule has 0 atom stereocenters.